The number of methoxy groups -OCH3 is 1. The molecule has 1 heterocycles. The van der Waals surface area contributed by atoms with Crippen LogP contribution in [0.1, 0.15) is 5.56 Å². The van der Waals surface area contributed by atoms with E-state index in [9.17, 15) is 18.0 Å². The third-order valence-corrected chi connectivity index (χ3v) is 4.99. The molecular formula is C21H25F3N4O2. The summed E-state index contributed by atoms with van der Waals surface area (Å²) in [6.45, 7) is 4.71. The molecular weight excluding hydrogens is 397 g/mol. The molecule has 9 heteroatoms. The maximum atomic E-state index is 12.6. The van der Waals surface area contributed by atoms with Gasteiger partial charge in [0.05, 0.1) is 12.7 Å². The van der Waals surface area contributed by atoms with Gasteiger partial charge in [0.1, 0.15) is 5.75 Å². The molecule has 0 saturated carbocycles. The van der Waals surface area contributed by atoms with Crippen LogP contribution in [0.5, 0.6) is 5.75 Å². The van der Waals surface area contributed by atoms with Crippen molar-refractivity contribution in [3.63, 3.8) is 0 Å². The summed E-state index contributed by atoms with van der Waals surface area (Å²) in [5, 5.41) is 5.28. The summed E-state index contributed by atoms with van der Waals surface area (Å²) in [5.41, 5.74) is 0.723. The Morgan fingerprint density at radius 3 is 2.20 bits per heavy atom. The zero-order valence-electron chi connectivity index (χ0n) is 16.7. The highest BCUT2D eigenvalue weighted by Gasteiger charge is 2.30. The Balaban J connectivity index is 1.36. The van der Waals surface area contributed by atoms with E-state index in [-0.39, 0.29) is 0 Å². The van der Waals surface area contributed by atoms with Crippen molar-refractivity contribution in [1.82, 2.24) is 10.2 Å². The standard InChI is InChI=1S/C21H25F3N4O2/c1-30-19-8-6-18(7-9-19)28-14-12-27(13-15-28)11-10-25-20(29)26-17-4-2-16(3-5-17)21(22,23)24/h2-9H,10-15H2,1H3,(H2,25,26,29). The predicted octanol–water partition coefficient (Wildman–Crippen LogP) is 3.66. The first-order valence-electron chi connectivity index (χ1n) is 9.68. The van der Waals surface area contributed by atoms with Crippen molar-refractivity contribution in [3.8, 4) is 5.75 Å². The van der Waals surface area contributed by atoms with Crippen LogP contribution < -0.4 is 20.3 Å². The first-order chi connectivity index (χ1) is 14.3. The van der Waals surface area contributed by atoms with Gasteiger partial charge in [-0.1, -0.05) is 0 Å². The highest BCUT2D eigenvalue weighted by Crippen LogP contribution is 2.29. The zero-order chi connectivity index (χ0) is 21.6. The fraction of sp³-hybridized carbons (Fsp3) is 0.381. The highest BCUT2D eigenvalue weighted by molar-refractivity contribution is 5.89. The lowest BCUT2D eigenvalue weighted by molar-refractivity contribution is -0.137. The first-order valence-corrected chi connectivity index (χ1v) is 9.68. The van der Waals surface area contributed by atoms with E-state index >= 15 is 0 Å². The molecule has 0 radical (unpaired) electrons. The molecule has 162 valence electrons. The molecule has 2 amide bonds. The topological polar surface area (TPSA) is 56.8 Å². The number of ether oxygens (including phenoxy) is 1. The van der Waals surface area contributed by atoms with E-state index in [1.54, 1.807) is 7.11 Å². The number of benzene rings is 2. The molecule has 0 bridgehead atoms. The maximum absolute atomic E-state index is 12.6. The Morgan fingerprint density at radius 2 is 1.63 bits per heavy atom. The van der Waals surface area contributed by atoms with Gasteiger partial charge in [0.2, 0.25) is 0 Å². The summed E-state index contributed by atoms with van der Waals surface area (Å²) >= 11 is 0. The number of rotatable bonds is 6. The molecule has 1 aliphatic rings. The minimum absolute atomic E-state index is 0.314. The fourth-order valence-corrected chi connectivity index (χ4v) is 3.27. The molecule has 30 heavy (non-hydrogen) atoms. The van der Waals surface area contributed by atoms with Crippen LogP contribution in [-0.2, 0) is 6.18 Å². The Bertz CT molecular complexity index is 818. The summed E-state index contributed by atoms with van der Waals surface area (Å²) in [4.78, 5) is 16.5. The van der Waals surface area contributed by atoms with Gasteiger partial charge < -0.3 is 20.3 Å². The second-order valence-corrected chi connectivity index (χ2v) is 6.98. The van der Waals surface area contributed by atoms with Crippen molar-refractivity contribution in [2.75, 3.05) is 56.6 Å². The largest absolute Gasteiger partial charge is 0.497 e. The van der Waals surface area contributed by atoms with E-state index in [1.807, 2.05) is 24.3 Å². The van der Waals surface area contributed by atoms with Gasteiger partial charge in [-0.3, -0.25) is 4.90 Å². The molecule has 1 fully saturated rings. The van der Waals surface area contributed by atoms with Crippen LogP contribution in [0.3, 0.4) is 0 Å². The normalized spacial score (nSPS) is 15.0. The second-order valence-electron chi connectivity index (χ2n) is 6.98. The molecule has 0 aromatic heterocycles. The molecule has 0 unspecified atom stereocenters. The third-order valence-electron chi connectivity index (χ3n) is 4.99. The number of alkyl halides is 3. The minimum atomic E-state index is -4.39. The number of nitrogens with zero attached hydrogens (tertiary/aromatic N) is 2. The molecule has 1 aliphatic heterocycles. The van der Waals surface area contributed by atoms with Gasteiger partial charge >= 0.3 is 12.2 Å². The van der Waals surface area contributed by atoms with Gasteiger partial charge in [-0.25, -0.2) is 4.79 Å². The van der Waals surface area contributed by atoms with Crippen LogP contribution in [0, 0.1) is 0 Å². The molecule has 0 atom stereocenters. The summed E-state index contributed by atoms with van der Waals surface area (Å²) < 4.78 is 42.9. The lowest BCUT2D eigenvalue weighted by Gasteiger charge is -2.36. The van der Waals surface area contributed by atoms with Gasteiger partial charge in [0.15, 0.2) is 0 Å². The average molecular weight is 422 g/mol. The number of nitrogens with one attached hydrogen (secondary N) is 2. The Hall–Kier alpha value is -2.94. The quantitative estimate of drug-likeness (QED) is 0.746. The van der Waals surface area contributed by atoms with E-state index < -0.39 is 17.8 Å². The number of hydrogen-bond donors (Lipinski definition) is 2. The molecule has 2 aromatic carbocycles. The van der Waals surface area contributed by atoms with Crippen LogP contribution in [0.25, 0.3) is 0 Å². The van der Waals surface area contributed by atoms with Crippen molar-refractivity contribution in [2.45, 2.75) is 6.18 Å². The molecule has 2 aromatic rings. The number of hydrogen-bond acceptors (Lipinski definition) is 4. The van der Waals surface area contributed by atoms with Gasteiger partial charge in [-0.2, -0.15) is 13.2 Å². The molecule has 0 spiro atoms. The van der Waals surface area contributed by atoms with Gasteiger partial charge in [0, 0.05) is 50.6 Å². The Labute approximate surface area is 173 Å². The molecule has 0 aliphatic carbocycles. The van der Waals surface area contributed by atoms with Crippen molar-refractivity contribution in [2.24, 2.45) is 0 Å². The molecule has 1 saturated heterocycles. The van der Waals surface area contributed by atoms with Crippen LogP contribution in [0.4, 0.5) is 29.3 Å². The molecule has 3 rings (SSSR count). The van der Waals surface area contributed by atoms with Gasteiger partial charge in [-0.05, 0) is 48.5 Å². The minimum Gasteiger partial charge on any atom is -0.497 e. The number of halogens is 3. The van der Waals surface area contributed by atoms with Crippen LogP contribution >= 0.6 is 0 Å². The van der Waals surface area contributed by atoms with Gasteiger partial charge in [0.25, 0.3) is 0 Å². The summed E-state index contributed by atoms with van der Waals surface area (Å²) in [6, 6.07) is 11.9. The van der Waals surface area contributed by atoms with Crippen molar-refractivity contribution >= 4 is 17.4 Å². The number of carbonyl (C=O) groups excluding carboxylic acids is 1. The number of amides is 2. The van der Waals surface area contributed by atoms with E-state index in [0.29, 0.717) is 18.8 Å². The summed E-state index contributed by atoms with van der Waals surface area (Å²) in [7, 11) is 1.64. The predicted molar refractivity (Wildman–Crippen MR) is 110 cm³/mol. The lowest BCUT2D eigenvalue weighted by atomic mass is 10.2. The lowest BCUT2D eigenvalue weighted by Crippen LogP contribution is -2.48. The third kappa shape index (κ3) is 6.03. The van der Waals surface area contributed by atoms with Crippen molar-refractivity contribution in [3.05, 3.63) is 54.1 Å². The van der Waals surface area contributed by atoms with E-state index in [0.717, 1.165) is 49.7 Å². The highest BCUT2D eigenvalue weighted by atomic mass is 19.4. The fourth-order valence-electron chi connectivity index (χ4n) is 3.27. The summed E-state index contributed by atoms with van der Waals surface area (Å²) in [6.07, 6.45) is -4.39. The Morgan fingerprint density at radius 1 is 1.00 bits per heavy atom. The second kappa shape index (κ2) is 9.71. The van der Waals surface area contributed by atoms with Crippen LogP contribution in [0.2, 0.25) is 0 Å². The van der Waals surface area contributed by atoms with Gasteiger partial charge in [-0.15, -0.1) is 0 Å². The number of piperazine rings is 1. The molecule has 6 nitrogen and oxygen atoms in total. The van der Waals surface area contributed by atoms with E-state index in [1.165, 1.54) is 12.1 Å². The Kier molecular flexibility index (Phi) is 7.04. The van der Waals surface area contributed by atoms with Crippen LogP contribution in [0.15, 0.2) is 48.5 Å². The van der Waals surface area contributed by atoms with Crippen molar-refractivity contribution in [1.29, 1.82) is 0 Å². The van der Waals surface area contributed by atoms with Crippen molar-refractivity contribution < 1.29 is 22.7 Å². The number of urea groups is 1. The van der Waals surface area contributed by atoms with Crippen LogP contribution in [-0.4, -0.2) is 57.3 Å². The number of anilines is 2. The molecule has 2 N–H and O–H groups in total. The smallest absolute Gasteiger partial charge is 0.416 e. The van der Waals surface area contributed by atoms with E-state index in [2.05, 4.69) is 20.4 Å². The maximum Gasteiger partial charge on any atom is 0.416 e. The van der Waals surface area contributed by atoms with E-state index in [4.69, 9.17) is 4.74 Å². The number of carbonyl (C=O) groups is 1. The SMILES string of the molecule is COc1ccc(N2CCN(CCNC(=O)Nc3ccc(C(F)(F)F)cc3)CC2)cc1. The average Bonchev–Trinajstić information content (AvgIpc) is 2.74. The first kappa shape index (κ1) is 21.8. The zero-order valence-corrected chi connectivity index (χ0v) is 16.7. The monoisotopic (exact) mass is 422 g/mol. The summed E-state index contributed by atoms with van der Waals surface area (Å²) in [5.74, 6) is 0.832.